The lowest BCUT2D eigenvalue weighted by Gasteiger charge is -2.23. The number of aliphatic carboxylic acids is 1. The fourth-order valence-corrected chi connectivity index (χ4v) is 1.99. The Bertz CT molecular complexity index is 387. The van der Waals surface area contributed by atoms with Crippen molar-refractivity contribution in [1.82, 2.24) is 10.6 Å². The van der Waals surface area contributed by atoms with E-state index < -0.39 is 11.9 Å². The molecular weight excluding hydrogens is 224 g/mol. The molecule has 2 amide bonds. The maximum atomic E-state index is 11.6. The van der Waals surface area contributed by atoms with Gasteiger partial charge >= 0.3 is 5.97 Å². The van der Waals surface area contributed by atoms with Gasteiger partial charge in [0, 0.05) is 31.2 Å². The summed E-state index contributed by atoms with van der Waals surface area (Å²) < 4.78 is 0. The van der Waals surface area contributed by atoms with Crippen LogP contribution in [0.5, 0.6) is 0 Å². The highest BCUT2D eigenvalue weighted by molar-refractivity contribution is 6.03. The number of rotatable bonds is 3. The molecule has 94 valence electrons. The monoisotopic (exact) mass is 240 g/mol. The smallest absolute Gasteiger partial charge is 0.332 e. The van der Waals surface area contributed by atoms with Crippen LogP contribution < -0.4 is 10.6 Å². The molecule has 0 fully saturated rings. The van der Waals surface area contributed by atoms with Gasteiger partial charge in [0.2, 0.25) is 11.8 Å². The average molecular weight is 240 g/mol. The Balaban J connectivity index is 2.99. The summed E-state index contributed by atoms with van der Waals surface area (Å²) in [6.07, 6.45) is 0.888. The fourth-order valence-electron chi connectivity index (χ4n) is 1.99. The van der Waals surface area contributed by atoms with Gasteiger partial charge in [-0.15, -0.1) is 0 Å². The molecule has 0 bridgehead atoms. The number of nitrogens with one attached hydrogen (secondary N) is 2. The summed E-state index contributed by atoms with van der Waals surface area (Å²) in [6, 6.07) is 0. The highest BCUT2D eigenvalue weighted by Crippen LogP contribution is 2.30. The van der Waals surface area contributed by atoms with Crippen molar-refractivity contribution in [2.24, 2.45) is 5.92 Å². The van der Waals surface area contributed by atoms with Crippen LogP contribution in [0, 0.1) is 5.92 Å². The minimum atomic E-state index is -1.08. The van der Waals surface area contributed by atoms with Gasteiger partial charge in [0.15, 0.2) is 0 Å². The third kappa shape index (κ3) is 2.83. The maximum Gasteiger partial charge on any atom is 0.332 e. The molecule has 1 atom stereocenters. The molecule has 0 saturated heterocycles. The van der Waals surface area contributed by atoms with E-state index in [2.05, 4.69) is 10.6 Å². The van der Waals surface area contributed by atoms with Gasteiger partial charge in [-0.05, 0) is 19.3 Å². The van der Waals surface area contributed by atoms with E-state index in [0.717, 1.165) is 0 Å². The van der Waals surface area contributed by atoms with Crippen molar-refractivity contribution in [2.45, 2.75) is 19.3 Å². The molecule has 0 saturated carbocycles. The van der Waals surface area contributed by atoms with Crippen LogP contribution in [0.3, 0.4) is 0 Å². The highest BCUT2D eigenvalue weighted by atomic mass is 16.4. The number of carbonyl (C=O) groups is 3. The molecule has 0 aliphatic heterocycles. The lowest BCUT2D eigenvalue weighted by molar-refractivity contribution is -0.134. The van der Waals surface area contributed by atoms with E-state index in [9.17, 15) is 14.4 Å². The predicted molar refractivity (Wildman–Crippen MR) is 60.1 cm³/mol. The first-order valence-electron chi connectivity index (χ1n) is 5.40. The number of likely N-dealkylation sites (N-methyl/N-ethyl adjacent to an activating group) is 1. The average Bonchev–Trinajstić information content (AvgIpc) is 2.35. The van der Waals surface area contributed by atoms with E-state index in [-0.39, 0.29) is 35.8 Å². The highest BCUT2D eigenvalue weighted by Gasteiger charge is 2.31. The van der Waals surface area contributed by atoms with Gasteiger partial charge in [0.05, 0.1) is 0 Å². The fraction of sp³-hybridized carbons (Fsp3) is 0.545. The second kappa shape index (κ2) is 5.47. The first-order valence-corrected chi connectivity index (χ1v) is 5.40. The molecule has 0 aromatic carbocycles. The van der Waals surface area contributed by atoms with Crippen LogP contribution in [0.4, 0.5) is 0 Å². The van der Waals surface area contributed by atoms with E-state index in [4.69, 9.17) is 5.11 Å². The van der Waals surface area contributed by atoms with Crippen molar-refractivity contribution in [3.63, 3.8) is 0 Å². The topological polar surface area (TPSA) is 95.5 Å². The summed E-state index contributed by atoms with van der Waals surface area (Å²) in [5, 5.41) is 13.9. The molecule has 1 aliphatic rings. The number of carbonyl (C=O) groups excluding carboxylic acids is 2. The number of carboxylic acids is 1. The van der Waals surface area contributed by atoms with Crippen LogP contribution in [-0.4, -0.2) is 37.0 Å². The van der Waals surface area contributed by atoms with Gasteiger partial charge in [-0.2, -0.15) is 0 Å². The molecule has 0 heterocycles. The van der Waals surface area contributed by atoms with Crippen LogP contribution in [-0.2, 0) is 14.4 Å². The first kappa shape index (κ1) is 13.2. The first-order chi connectivity index (χ1) is 8.01. The van der Waals surface area contributed by atoms with Gasteiger partial charge in [-0.1, -0.05) is 0 Å². The van der Waals surface area contributed by atoms with Gasteiger partial charge in [-0.3, -0.25) is 9.59 Å². The molecule has 1 unspecified atom stereocenters. The van der Waals surface area contributed by atoms with E-state index in [1.165, 1.54) is 14.1 Å². The normalized spacial score (nSPS) is 19.8. The van der Waals surface area contributed by atoms with Gasteiger partial charge < -0.3 is 15.7 Å². The Morgan fingerprint density at radius 3 is 2.29 bits per heavy atom. The summed E-state index contributed by atoms with van der Waals surface area (Å²) in [6.45, 7) is 0. The van der Waals surface area contributed by atoms with Gasteiger partial charge in [-0.25, -0.2) is 4.79 Å². The van der Waals surface area contributed by atoms with Gasteiger partial charge in [0.1, 0.15) is 0 Å². The SMILES string of the molecule is CNC(=O)C1=C(C(=O)O)CCC(C(=O)NC)C1. The van der Waals surface area contributed by atoms with Crippen molar-refractivity contribution >= 4 is 17.8 Å². The van der Waals surface area contributed by atoms with Crippen molar-refractivity contribution in [1.29, 1.82) is 0 Å². The Morgan fingerprint density at radius 1 is 1.18 bits per heavy atom. The molecule has 0 aromatic heterocycles. The Hall–Kier alpha value is -1.85. The van der Waals surface area contributed by atoms with E-state index in [0.29, 0.717) is 6.42 Å². The lowest BCUT2D eigenvalue weighted by Crippen LogP contribution is -2.34. The van der Waals surface area contributed by atoms with Crippen LogP contribution in [0.25, 0.3) is 0 Å². The molecule has 0 spiro atoms. The van der Waals surface area contributed by atoms with E-state index >= 15 is 0 Å². The zero-order valence-corrected chi connectivity index (χ0v) is 9.87. The second-order valence-electron chi connectivity index (χ2n) is 3.90. The molecule has 1 aliphatic carbocycles. The number of hydrogen-bond donors (Lipinski definition) is 3. The molecule has 3 N–H and O–H groups in total. The molecular formula is C11H16N2O4. The zero-order valence-electron chi connectivity index (χ0n) is 9.87. The number of amides is 2. The summed E-state index contributed by atoms with van der Waals surface area (Å²) in [4.78, 5) is 34.1. The summed E-state index contributed by atoms with van der Waals surface area (Å²) >= 11 is 0. The summed E-state index contributed by atoms with van der Waals surface area (Å²) in [5.41, 5.74) is 0.323. The van der Waals surface area contributed by atoms with Crippen LogP contribution in [0.15, 0.2) is 11.1 Å². The minimum Gasteiger partial charge on any atom is -0.478 e. The quantitative estimate of drug-likeness (QED) is 0.629. The van der Waals surface area contributed by atoms with Crippen molar-refractivity contribution in [3.8, 4) is 0 Å². The molecule has 6 heteroatoms. The predicted octanol–water partition coefficient (Wildman–Crippen LogP) is -0.340. The molecule has 1 rings (SSSR count). The molecule has 17 heavy (non-hydrogen) atoms. The van der Waals surface area contributed by atoms with Crippen LogP contribution in [0.2, 0.25) is 0 Å². The lowest BCUT2D eigenvalue weighted by atomic mass is 9.83. The minimum absolute atomic E-state index is 0.115. The van der Waals surface area contributed by atoms with Gasteiger partial charge in [0.25, 0.3) is 0 Å². The Labute approximate surface area is 99.1 Å². The van der Waals surface area contributed by atoms with Crippen molar-refractivity contribution in [2.75, 3.05) is 14.1 Å². The third-order valence-corrected chi connectivity index (χ3v) is 2.93. The number of carboxylic acid groups (broad SMARTS) is 1. The Morgan fingerprint density at radius 2 is 1.82 bits per heavy atom. The van der Waals surface area contributed by atoms with E-state index in [1.807, 2.05) is 0 Å². The molecule has 0 radical (unpaired) electrons. The standard InChI is InChI=1S/C11H16N2O4/c1-12-9(14)6-3-4-7(11(16)17)8(5-6)10(15)13-2/h6H,3-5H2,1-2H3,(H,12,14)(H,13,15)(H,16,17). The Kier molecular flexibility index (Phi) is 4.25. The molecule has 6 nitrogen and oxygen atoms in total. The van der Waals surface area contributed by atoms with Crippen molar-refractivity contribution < 1.29 is 19.5 Å². The summed E-state index contributed by atoms with van der Waals surface area (Å²) in [5.74, 6) is -1.98. The maximum absolute atomic E-state index is 11.6. The van der Waals surface area contributed by atoms with Crippen LogP contribution in [0.1, 0.15) is 19.3 Å². The third-order valence-electron chi connectivity index (χ3n) is 2.93. The molecule has 0 aromatic rings. The van der Waals surface area contributed by atoms with Crippen molar-refractivity contribution in [3.05, 3.63) is 11.1 Å². The second-order valence-corrected chi connectivity index (χ2v) is 3.90. The largest absolute Gasteiger partial charge is 0.478 e. The summed E-state index contributed by atoms with van der Waals surface area (Å²) in [7, 11) is 2.97. The van der Waals surface area contributed by atoms with E-state index in [1.54, 1.807) is 0 Å². The zero-order chi connectivity index (χ0) is 13.0. The number of hydrogen-bond acceptors (Lipinski definition) is 3. The van der Waals surface area contributed by atoms with Crippen LogP contribution >= 0.6 is 0 Å².